The van der Waals surface area contributed by atoms with Gasteiger partial charge in [-0.3, -0.25) is 0 Å². The normalized spacial score (nSPS) is 17.8. The molecule has 0 amide bonds. The third-order valence-corrected chi connectivity index (χ3v) is 2.21. The molecule has 0 N–H and O–H groups in total. The molecule has 0 aliphatic heterocycles. The van der Waals surface area contributed by atoms with Crippen LogP contribution in [0.2, 0.25) is 6.04 Å². The van der Waals surface area contributed by atoms with Crippen molar-refractivity contribution in [3.05, 3.63) is 23.8 Å². The molecule has 1 rings (SSSR count). The molecule has 0 aromatic rings. The fourth-order valence-corrected chi connectivity index (χ4v) is 1.34. The molecule has 0 saturated heterocycles. The zero-order chi connectivity index (χ0) is 5.82. The van der Waals surface area contributed by atoms with Gasteiger partial charge in [0.05, 0.1) is 18.1 Å². The fraction of sp³-hybridized carbons (Fsp3) is 0.429. The van der Waals surface area contributed by atoms with Crippen molar-refractivity contribution in [1.29, 1.82) is 0 Å². The van der Waals surface area contributed by atoms with E-state index in [0.29, 0.717) is 0 Å². The Bertz CT molecular complexity index is 122. The van der Waals surface area contributed by atoms with Crippen LogP contribution in [0, 0.1) is 6.08 Å². The van der Waals surface area contributed by atoms with Gasteiger partial charge in [0.25, 0.3) is 0 Å². The van der Waals surface area contributed by atoms with E-state index in [0.717, 1.165) is 6.42 Å². The first-order valence-electron chi connectivity index (χ1n) is 3.19. The second-order valence-corrected chi connectivity index (χ2v) is 2.73. The highest BCUT2D eigenvalue weighted by molar-refractivity contribution is 6.10. The zero-order valence-electron chi connectivity index (χ0n) is 5.28. The Morgan fingerprint density at radius 1 is 1.75 bits per heavy atom. The summed E-state index contributed by atoms with van der Waals surface area (Å²) in [4.78, 5) is 0. The first-order valence-corrected chi connectivity index (χ1v) is 4.60. The summed E-state index contributed by atoms with van der Waals surface area (Å²) in [5, 5.41) is 0. The quantitative estimate of drug-likeness (QED) is 0.358. The summed E-state index contributed by atoms with van der Waals surface area (Å²) in [5.41, 5.74) is 1.50. The lowest BCUT2D eigenvalue weighted by Crippen LogP contribution is -1.82. The lowest BCUT2D eigenvalue weighted by Gasteiger charge is -1.89. The molecule has 8 heavy (non-hydrogen) atoms. The van der Waals surface area contributed by atoms with Gasteiger partial charge in [0.15, 0.2) is 6.08 Å². The number of hydrogen-bond acceptors (Lipinski definition) is 0. The van der Waals surface area contributed by atoms with Gasteiger partial charge in [-0.2, -0.15) is 0 Å². The Kier molecular flexibility index (Phi) is 2.01. The smallest absolute Gasteiger partial charge is 0.00453 e. The van der Waals surface area contributed by atoms with Crippen molar-refractivity contribution in [2.75, 3.05) is 0 Å². The molecule has 0 saturated carbocycles. The van der Waals surface area contributed by atoms with Crippen LogP contribution < -0.4 is 0 Å². The van der Waals surface area contributed by atoms with Gasteiger partial charge in [-0.15, -0.1) is 0 Å². The van der Waals surface area contributed by atoms with Gasteiger partial charge >= 0.3 is 0 Å². The number of rotatable bonds is 1. The van der Waals surface area contributed by atoms with Crippen LogP contribution in [0.4, 0.5) is 0 Å². The van der Waals surface area contributed by atoms with Crippen molar-refractivity contribution in [3.63, 3.8) is 0 Å². The maximum atomic E-state index is 3.21. The van der Waals surface area contributed by atoms with Crippen LogP contribution in [0.1, 0.15) is 12.8 Å². The Balaban J connectivity index is 2.51. The number of allylic oxidation sites excluding steroid dienone is 4. The van der Waals surface area contributed by atoms with Gasteiger partial charge in [-0.05, 0) is 0 Å². The average molecular weight is 123 g/mol. The topological polar surface area (TPSA) is 0 Å². The molecule has 0 fully saturated rings. The van der Waals surface area contributed by atoms with Crippen LogP contribution in [0.15, 0.2) is 17.7 Å². The molecule has 0 radical (unpaired) electrons. The highest BCUT2D eigenvalue weighted by Crippen LogP contribution is 2.10. The van der Waals surface area contributed by atoms with Gasteiger partial charge < -0.3 is 0 Å². The van der Waals surface area contributed by atoms with Gasteiger partial charge in [0.1, 0.15) is 0 Å². The molecule has 0 nitrogen and oxygen atoms in total. The molecule has 0 aromatic heterocycles. The summed E-state index contributed by atoms with van der Waals surface area (Å²) < 4.78 is 0. The molecule has 1 heteroatoms. The lowest BCUT2D eigenvalue weighted by molar-refractivity contribution is 0.991. The lowest BCUT2D eigenvalue weighted by atomic mass is 10.1. The van der Waals surface area contributed by atoms with Crippen LogP contribution in [-0.2, 0) is 0 Å². The van der Waals surface area contributed by atoms with E-state index in [1.165, 1.54) is 28.3 Å². The van der Waals surface area contributed by atoms with E-state index in [1.54, 1.807) is 0 Å². The molecule has 0 bridgehead atoms. The summed E-state index contributed by atoms with van der Waals surface area (Å²) >= 11 is 0. The average Bonchev–Trinajstić information content (AvgIpc) is 1.90. The minimum absolute atomic E-state index is 1.13. The molecule has 0 heterocycles. The minimum atomic E-state index is 1.13. The molecule has 0 spiro atoms. The summed E-state index contributed by atoms with van der Waals surface area (Å²) in [6.45, 7) is 0. The van der Waals surface area contributed by atoms with Crippen LogP contribution in [0.25, 0.3) is 0 Å². The van der Waals surface area contributed by atoms with E-state index in [2.05, 4.69) is 18.2 Å². The van der Waals surface area contributed by atoms with Gasteiger partial charge in [0.2, 0.25) is 0 Å². The third-order valence-electron chi connectivity index (χ3n) is 1.39. The highest BCUT2D eigenvalue weighted by Gasteiger charge is 2.02. The number of hydrogen-bond donors (Lipinski definition) is 0. The molecule has 0 unspecified atom stereocenters. The maximum Gasteiger partial charge on any atom is 0.156 e. The molecule has 1 aliphatic carbocycles. The van der Waals surface area contributed by atoms with Crippen molar-refractivity contribution in [2.24, 2.45) is 0 Å². The fourth-order valence-electron chi connectivity index (χ4n) is 0.849. The van der Waals surface area contributed by atoms with Gasteiger partial charge in [0, 0.05) is 28.8 Å². The second kappa shape index (κ2) is 2.80. The Morgan fingerprint density at radius 3 is 3.00 bits per heavy atom. The first kappa shape index (κ1) is 5.74. The van der Waals surface area contributed by atoms with Crippen molar-refractivity contribution >= 4 is 10.2 Å². The monoisotopic (exact) mass is 123 g/mol. The minimum Gasteiger partial charge on any atom is 0.00453 e. The summed E-state index contributed by atoms with van der Waals surface area (Å²) in [7, 11) is 1.29. The van der Waals surface area contributed by atoms with Crippen LogP contribution in [0.5, 0.6) is 0 Å². The van der Waals surface area contributed by atoms with Crippen LogP contribution in [0.3, 0.4) is 0 Å². The van der Waals surface area contributed by atoms with Crippen molar-refractivity contribution in [3.8, 4) is 0 Å². The van der Waals surface area contributed by atoms with Crippen molar-refractivity contribution in [1.82, 2.24) is 0 Å². The Labute approximate surface area is 53.7 Å². The molecule has 42 valence electrons. The van der Waals surface area contributed by atoms with Crippen LogP contribution >= 0.6 is 0 Å². The first-order chi connectivity index (χ1) is 3.93. The predicted molar refractivity (Wildman–Crippen MR) is 39.9 cm³/mol. The highest BCUT2D eigenvalue weighted by atomic mass is 28.1. The molecule has 0 atom stereocenters. The Morgan fingerprint density at radius 2 is 2.62 bits per heavy atom. The van der Waals surface area contributed by atoms with Gasteiger partial charge in [-0.25, -0.2) is 0 Å². The summed E-state index contributed by atoms with van der Waals surface area (Å²) in [6, 6.07) is 1.30. The van der Waals surface area contributed by atoms with Crippen molar-refractivity contribution < 1.29 is 0 Å². The van der Waals surface area contributed by atoms with E-state index < -0.39 is 0 Å². The predicted octanol–water partition coefficient (Wildman–Crippen LogP) is 0.850. The molecular weight excluding hydrogens is 112 g/mol. The zero-order valence-corrected chi connectivity index (χ0v) is 7.28. The van der Waals surface area contributed by atoms with E-state index >= 15 is 0 Å². The second-order valence-electron chi connectivity index (χ2n) is 2.02. The van der Waals surface area contributed by atoms with Gasteiger partial charge in [-0.1, -0.05) is 0 Å². The third kappa shape index (κ3) is 1.29. The summed E-state index contributed by atoms with van der Waals surface area (Å²) in [5.74, 6) is 0. The standard InChI is InChI=1S/C7H11Si/c8-6-7-4-2-1-3-5-7/h4-5H,1-2,6H2,8H3/q+1. The molecule has 1 aliphatic rings. The van der Waals surface area contributed by atoms with E-state index in [-0.39, 0.29) is 0 Å². The van der Waals surface area contributed by atoms with Crippen LogP contribution in [-0.4, -0.2) is 10.2 Å². The SMILES string of the molecule is [SiH3]CC1=CCC[C+]=C1. The van der Waals surface area contributed by atoms with E-state index in [1.807, 2.05) is 0 Å². The Hall–Kier alpha value is -0.393. The summed E-state index contributed by atoms with van der Waals surface area (Å²) in [6.07, 6.45) is 10.0. The van der Waals surface area contributed by atoms with Crippen molar-refractivity contribution in [2.45, 2.75) is 18.9 Å². The maximum absolute atomic E-state index is 3.21. The van der Waals surface area contributed by atoms with E-state index in [9.17, 15) is 0 Å². The molecule has 0 aromatic carbocycles. The molecular formula is C7H11Si+. The largest absolute Gasteiger partial charge is 0.156 e. The van der Waals surface area contributed by atoms with E-state index in [4.69, 9.17) is 0 Å².